The third kappa shape index (κ3) is 3.41. The zero-order chi connectivity index (χ0) is 13.8. The number of rotatable bonds is 2. The molecule has 0 radical (unpaired) electrons. The zero-order valence-corrected chi connectivity index (χ0v) is 11.5. The Labute approximate surface area is 116 Å². The minimum Gasteiger partial charge on any atom is -0.331 e. The lowest BCUT2D eigenvalue weighted by atomic mass is 10.2. The molecule has 1 aromatic rings. The summed E-state index contributed by atoms with van der Waals surface area (Å²) in [5.74, 6) is 0. The average molecular weight is 277 g/mol. The van der Waals surface area contributed by atoms with Crippen LogP contribution in [0.2, 0.25) is 0 Å². The summed E-state index contributed by atoms with van der Waals surface area (Å²) in [6, 6.07) is 7.44. The van der Waals surface area contributed by atoms with Crippen LogP contribution in [-0.4, -0.2) is 28.4 Å². The van der Waals surface area contributed by atoms with Crippen molar-refractivity contribution in [3.05, 3.63) is 29.8 Å². The summed E-state index contributed by atoms with van der Waals surface area (Å²) in [4.78, 5) is 11.6. The van der Waals surface area contributed by atoms with Gasteiger partial charge in [-0.3, -0.25) is 5.43 Å². The predicted octanol–water partition coefficient (Wildman–Crippen LogP) is 1.60. The smallest absolute Gasteiger partial charge is 0.331 e. The Morgan fingerprint density at radius 2 is 2.16 bits per heavy atom. The van der Waals surface area contributed by atoms with Crippen LogP contribution in [0.5, 0.6) is 0 Å². The first-order chi connectivity index (χ1) is 9.06. The van der Waals surface area contributed by atoms with Crippen LogP contribution in [0.15, 0.2) is 29.4 Å². The molecule has 100 valence electrons. The summed E-state index contributed by atoms with van der Waals surface area (Å²) in [6.45, 7) is 4.20. The van der Waals surface area contributed by atoms with E-state index in [0.717, 1.165) is 17.0 Å². The number of nitrogens with one attached hydrogen (secondary N) is 3. The van der Waals surface area contributed by atoms with Gasteiger partial charge in [-0.15, -0.1) is 0 Å². The van der Waals surface area contributed by atoms with E-state index in [1.165, 1.54) is 5.01 Å². The molecule has 19 heavy (non-hydrogen) atoms. The molecule has 6 nitrogen and oxygen atoms in total. The molecule has 1 aliphatic rings. The molecular weight excluding hydrogens is 262 g/mol. The van der Waals surface area contributed by atoms with Gasteiger partial charge in [-0.05, 0) is 37.7 Å². The number of hydrazine groups is 1. The van der Waals surface area contributed by atoms with E-state index < -0.39 is 0 Å². The highest BCUT2D eigenvalue weighted by Crippen LogP contribution is 2.12. The molecule has 0 saturated carbocycles. The molecule has 2 rings (SSSR count). The Morgan fingerprint density at radius 1 is 1.42 bits per heavy atom. The number of hydrazone groups is 1. The van der Waals surface area contributed by atoms with Crippen molar-refractivity contribution in [1.82, 2.24) is 15.9 Å². The van der Waals surface area contributed by atoms with Gasteiger partial charge in [-0.2, -0.15) is 5.10 Å². The van der Waals surface area contributed by atoms with Crippen LogP contribution in [0.3, 0.4) is 0 Å². The van der Waals surface area contributed by atoms with Gasteiger partial charge < -0.3 is 5.32 Å². The third-order valence-corrected chi connectivity index (χ3v) is 2.80. The lowest BCUT2D eigenvalue weighted by Gasteiger charge is -2.27. The Hall–Kier alpha value is -2.15. The highest BCUT2D eigenvalue weighted by Gasteiger charge is 2.19. The number of para-hydroxylation sites is 1. The number of hydrogen-bond donors (Lipinski definition) is 3. The van der Waals surface area contributed by atoms with Crippen LogP contribution in [0.1, 0.15) is 12.5 Å². The minimum atomic E-state index is -0.334. The monoisotopic (exact) mass is 277 g/mol. The van der Waals surface area contributed by atoms with Crippen molar-refractivity contribution < 1.29 is 4.79 Å². The van der Waals surface area contributed by atoms with Crippen molar-refractivity contribution in [1.29, 1.82) is 0 Å². The molecule has 0 aliphatic carbocycles. The first-order valence-corrected chi connectivity index (χ1v) is 6.21. The fraction of sp³-hybridized carbons (Fsp3) is 0.250. The summed E-state index contributed by atoms with van der Waals surface area (Å²) >= 11 is 5.18. The number of carbonyl (C=O) groups is 1. The van der Waals surface area contributed by atoms with Gasteiger partial charge in [-0.1, -0.05) is 18.2 Å². The molecule has 1 aliphatic heterocycles. The molecule has 0 unspecified atom stereocenters. The summed E-state index contributed by atoms with van der Waals surface area (Å²) in [7, 11) is 0. The van der Waals surface area contributed by atoms with Gasteiger partial charge in [0.2, 0.25) is 0 Å². The number of benzene rings is 1. The summed E-state index contributed by atoms with van der Waals surface area (Å²) in [6.07, 6.45) is 0. The number of aryl methyl sites for hydroxylation is 1. The summed E-state index contributed by atoms with van der Waals surface area (Å²) < 4.78 is 0. The lowest BCUT2D eigenvalue weighted by molar-refractivity contribution is 0.192. The second kappa shape index (κ2) is 5.66. The number of urea groups is 1. The second-order valence-corrected chi connectivity index (χ2v) is 4.64. The van der Waals surface area contributed by atoms with Crippen molar-refractivity contribution in [3.8, 4) is 0 Å². The summed E-state index contributed by atoms with van der Waals surface area (Å²) in [5, 5.41) is 8.62. The van der Waals surface area contributed by atoms with Crippen molar-refractivity contribution in [2.24, 2.45) is 5.10 Å². The normalized spacial score (nSPS) is 14.5. The molecule has 2 amide bonds. The highest BCUT2D eigenvalue weighted by atomic mass is 32.1. The highest BCUT2D eigenvalue weighted by molar-refractivity contribution is 7.80. The van der Waals surface area contributed by atoms with Crippen LogP contribution in [0.4, 0.5) is 10.5 Å². The molecule has 0 saturated heterocycles. The van der Waals surface area contributed by atoms with E-state index in [-0.39, 0.29) is 6.03 Å². The van der Waals surface area contributed by atoms with Crippen LogP contribution < -0.4 is 16.2 Å². The number of anilines is 1. The molecule has 1 heterocycles. The standard InChI is InChI=1S/C12H15N5OS/c1-8-5-3-4-6-10(8)13-11(19)16-17-7-9(2)14-15-12(17)18/h3-6H,7H2,1-2H3,(H,15,18)(H2,13,16,19). The molecule has 0 fully saturated rings. The number of nitrogens with zero attached hydrogens (tertiary/aromatic N) is 2. The maximum absolute atomic E-state index is 11.6. The van der Waals surface area contributed by atoms with Gasteiger partial charge in [-0.25, -0.2) is 15.2 Å². The van der Waals surface area contributed by atoms with E-state index in [9.17, 15) is 4.79 Å². The Kier molecular flexibility index (Phi) is 3.96. The molecule has 0 spiro atoms. The number of thiocarbonyl (C=S) groups is 1. The Bertz CT molecular complexity index is 543. The van der Waals surface area contributed by atoms with Gasteiger partial charge in [0.05, 0.1) is 12.3 Å². The third-order valence-electron chi connectivity index (χ3n) is 2.60. The first kappa shape index (κ1) is 13.3. The number of amides is 2. The Morgan fingerprint density at radius 3 is 2.89 bits per heavy atom. The van der Waals surface area contributed by atoms with Gasteiger partial charge >= 0.3 is 6.03 Å². The molecule has 0 aromatic heterocycles. The van der Waals surface area contributed by atoms with E-state index >= 15 is 0 Å². The summed E-state index contributed by atoms with van der Waals surface area (Å²) in [5.41, 5.74) is 8.00. The van der Waals surface area contributed by atoms with E-state index in [4.69, 9.17) is 12.2 Å². The van der Waals surface area contributed by atoms with Crippen molar-refractivity contribution in [2.45, 2.75) is 13.8 Å². The Balaban J connectivity index is 1.97. The van der Waals surface area contributed by atoms with E-state index in [1.54, 1.807) is 0 Å². The van der Waals surface area contributed by atoms with Crippen LogP contribution in [0.25, 0.3) is 0 Å². The maximum Gasteiger partial charge on any atom is 0.356 e. The quantitative estimate of drug-likeness (QED) is 0.718. The van der Waals surface area contributed by atoms with Crippen LogP contribution >= 0.6 is 12.2 Å². The molecule has 1 aromatic carbocycles. The first-order valence-electron chi connectivity index (χ1n) is 5.80. The molecule has 0 atom stereocenters. The van der Waals surface area contributed by atoms with Gasteiger partial charge in [0.1, 0.15) is 0 Å². The fourth-order valence-corrected chi connectivity index (χ4v) is 1.84. The minimum absolute atomic E-state index is 0.334. The average Bonchev–Trinajstić information content (AvgIpc) is 2.37. The number of carbonyl (C=O) groups excluding carboxylic acids is 1. The van der Waals surface area contributed by atoms with Crippen molar-refractivity contribution >= 4 is 34.8 Å². The van der Waals surface area contributed by atoms with Gasteiger partial charge in [0.25, 0.3) is 0 Å². The number of hydrogen-bond acceptors (Lipinski definition) is 3. The van der Waals surface area contributed by atoms with Crippen molar-refractivity contribution in [2.75, 3.05) is 11.9 Å². The lowest BCUT2D eigenvalue weighted by Crippen LogP contribution is -2.55. The maximum atomic E-state index is 11.6. The van der Waals surface area contributed by atoms with E-state index in [1.807, 2.05) is 38.1 Å². The van der Waals surface area contributed by atoms with E-state index in [0.29, 0.717) is 11.7 Å². The molecule has 0 bridgehead atoms. The fourth-order valence-electron chi connectivity index (χ4n) is 1.62. The topological polar surface area (TPSA) is 68.8 Å². The molecule has 7 heteroatoms. The molecular formula is C12H15N5OS. The van der Waals surface area contributed by atoms with Crippen LogP contribution in [-0.2, 0) is 0 Å². The van der Waals surface area contributed by atoms with Crippen molar-refractivity contribution in [3.63, 3.8) is 0 Å². The SMILES string of the molecule is CC1=NNC(=O)N(NC(=S)Nc2ccccc2C)C1. The largest absolute Gasteiger partial charge is 0.356 e. The van der Waals surface area contributed by atoms with Gasteiger partial charge in [0.15, 0.2) is 5.11 Å². The predicted molar refractivity (Wildman–Crippen MR) is 78.9 cm³/mol. The second-order valence-electron chi connectivity index (χ2n) is 4.23. The van der Waals surface area contributed by atoms with Gasteiger partial charge in [0, 0.05) is 5.69 Å². The molecule has 3 N–H and O–H groups in total. The van der Waals surface area contributed by atoms with Crippen LogP contribution in [0, 0.1) is 6.92 Å². The zero-order valence-electron chi connectivity index (χ0n) is 10.7. The van der Waals surface area contributed by atoms with E-state index in [2.05, 4.69) is 21.3 Å².